The van der Waals surface area contributed by atoms with Crippen LogP contribution in [0.5, 0.6) is 0 Å². The number of carbonyl (C=O) groups is 1. The van der Waals surface area contributed by atoms with Crippen molar-refractivity contribution in [2.45, 2.75) is 46.5 Å². The summed E-state index contributed by atoms with van der Waals surface area (Å²) < 4.78 is 0. The molecular formula is C14H25N5O. The maximum atomic E-state index is 12.2. The number of anilines is 1. The van der Waals surface area contributed by atoms with Crippen LogP contribution in [-0.4, -0.2) is 22.4 Å². The van der Waals surface area contributed by atoms with Crippen molar-refractivity contribution in [2.75, 3.05) is 12.0 Å². The number of hydrogen-bond donors (Lipinski definition) is 3. The average Bonchev–Trinajstić information content (AvgIpc) is 2.47. The van der Waals surface area contributed by atoms with Gasteiger partial charge in [-0.05, 0) is 5.92 Å². The molecule has 0 saturated heterocycles. The first-order valence-corrected chi connectivity index (χ1v) is 7.15. The van der Waals surface area contributed by atoms with E-state index in [2.05, 4.69) is 34.6 Å². The second kappa shape index (κ2) is 7.79. The number of aromatic nitrogens is 2. The first-order chi connectivity index (χ1) is 9.53. The third kappa shape index (κ3) is 4.16. The summed E-state index contributed by atoms with van der Waals surface area (Å²) in [5.74, 6) is 6.48. The van der Waals surface area contributed by atoms with E-state index in [1.54, 1.807) is 6.20 Å². The minimum absolute atomic E-state index is 0.160. The quantitative estimate of drug-likeness (QED) is 0.524. The van der Waals surface area contributed by atoms with Gasteiger partial charge in [0.1, 0.15) is 5.82 Å². The zero-order valence-electron chi connectivity index (χ0n) is 12.7. The Morgan fingerprint density at radius 2 is 2.00 bits per heavy atom. The van der Waals surface area contributed by atoms with Crippen LogP contribution in [0, 0.1) is 5.92 Å². The highest BCUT2D eigenvalue weighted by atomic mass is 16.1. The second-order valence-electron chi connectivity index (χ2n) is 5.18. The van der Waals surface area contributed by atoms with Crippen LogP contribution in [0.3, 0.4) is 0 Å². The lowest BCUT2D eigenvalue weighted by atomic mass is 10.0. The summed E-state index contributed by atoms with van der Waals surface area (Å²) in [6.45, 7) is 8.86. The number of hydrazine groups is 1. The van der Waals surface area contributed by atoms with E-state index >= 15 is 0 Å². The van der Waals surface area contributed by atoms with E-state index in [0.717, 1.165) is 12.8 Å². The Bertz CT molecular complexity index is 443. The van der Waals surface area contributed by atoms with Crippen LogP contribution >= 0.6 is 0 Å². The molecule has 0 bridgehead atoms. The van der Waals surface area contributed by atoms with Gasteiger partial charge in [0.25, 0.3) is 5.91 Å². The fourth-order valence-corrected chi connectivity index (χ4v) is 1.85. The molecule has 0 spiro atoms. The number of nitrogens with two attached hydrogens (primary N) is 1. The molecule has 4 N–H and O–H groups in total. The average molecular weight is 279 g/mol. The minimum atomic E-state index is -0.214. The van der Waals surface area contributed by atoms with Gasteiger partial charge in [-0.15, -0.1) is 0 Å². The summed E-state index contributed by atoms with van der Waals surface area (Å²) in [5, 5.41) is 2.92. The number of amides is 1. The normalized spacial score (nSPS) is 10.9. The molecule has 0 atom stereocenters. The number of carbonyl (C=O) groups excluding carboxylic acids is 1. The number of nitrogen functional groups attached to an aromatic ring is 1. The number of nitrogens with zero attached hydrogens (tertiary/aromatic N) is 2. The lowest BCUT2D eigenvalue weighted by Gasteiger charge is -2.15. The van der Waals surface area contributed by atoms with E-state index in [0.29, 0.717) is 29.7 Å². The van der Waals surface area contributed by atoms with Gasteiger partial charge in [-0.2, -0.15) is 0 Å². The lowest BCUT2D eigenvalue weighted by Crippen LogP contribution is -2.31. The Morgan fingerprint density at radius 1 is 1.35 bits per heavy atom. The molecule has 1 rings (SSSR count). The van der Waals surface area contributed by atoms with Crippen molar-refractivity contribution in [1.29, 1.82) is 0 Å². The van der Waals surface area contributed by atoms with Gasteiger partial charge < -0.3 is 10.7 Å². The molecule has 112 valence electrons. The van der Waals surface area contributed by atoms with E-state index in [1.165, 1.54) is 0 Å². The Hall–Kier alpha value is -1.69. The largest absolute Gasteiger partial charge is 0.350 e. The molecule has 1 aromatic heterocycles. The van der Waals surface area contributed by atoms with E-state index in [1.807, 2.05) is 13.8 Å². The zero-order valence-corrected chi connectivity index (χ0v) is 12.7. The molecule has 0 saturated carbocycles. The Kier molecular flexibility index (Phi) is 6.38. The standard InChI is InChI=1S/C14H25N5O/c1-5-10(6-2)7-17-14(20)12-11(19-15)8-16-13(18-12)9(3)4/h8-10,19H,5-7,15H2,1-4H3,(H,17,20). The molecule has 0 aliphatic carbocycles. The number of nitrogens with one attached hydrogen (secondary N) is 2. The maximum Gasteiger partial charge on any atom is 0.272 e. The monoisotopic (exact) mass is 279 g/mol. The molecule has 0 unspecified atom stereocenters. The van der Waals surface area contributed by atoms with Gasteiger partial charge in [0, 0.05) is 12.5 Å². The second-order valence-corrected chi connectivity index (χ2v) is 5.18. The van der Waals surface area contributed by atoms with Crippen LogP contribution in [0.4, 0.5) is 5.69 Å². The van der Waals surface area contributed by atoms with Gasteiger partial charge in [-0.25, -0.2) is 9.97 Å². The number of hydrogen-bond acceptors (Lipinski definition) is 5. The van der Waals surface area contributed by atoms with E-state index in [9.17, 15) is 4.79 Å². The third-order valence-corrected chi connectivity index (χ3v) is 3.40. The summed E-state index contributed by atoms with van der Waals surface area (Å²) in [5.41, 5.74) is 3.22. The molecular weight excluding hydrogens is 254 g/mol. The highest BCUT2D eigenvalue weighted by Crippen LogP contribution is 2.15. The molecule has 1 amide bonds. The van der Waals surface area contributed by atoms with Gasteiger partial charge in [0.15, 0.2) is 5.69 Å². The Balaban J connectivity index is 2.87. The van der Waals surface area contributed by atoms with Crippen molar-refractivity contribution in [2.24, 2.45) is 11.8 Å². The minimum Gasteiger partial charge on any atom is -0.350 e. The summed E-state index contributed by atoms with van der Waals surface area (Å²) in [7, 11) is 0. The van der Waals surface area contributed by atoms with Gasteiger partial charge in [-0.1, -0.05) is 40.5 Å². The summed E-state index contributed by atoms with van der Waals surface area (Å²) in [4.78, 5) is 20.7. The van der Waals surface area contributed by atoms with Crippen LogP contribution in [0.2, 0.25) is 0 Å². The highest BCUT2D eigenvalue weighted by Gasteiger charge is 2.16. The Morgan fingerprint density at radius 3 is 2.50 bits per heavy atom. The van der Waals surface area contributed by atoms with E-state index in [4.69, 9.17) is 5.84 Å². The van der Waals surface area contributed by atoms with Crippen LogP contribution in [-0.2, 0) is 0 Å². The van der Waals surface area contributed by atoms with Crippen LogP contribution < -0.4 is 16.6 Å². The van der Waals surface area contributed by atoms with E-state index in [-0.39, 0.29) is 11.8 Å². The van der Waals surface area contributed by atoms with E-state index < -0.39 is 0 Å². The molecule has 0 aliphatic rings. The zero-order chi connectivity index (χ0) is 15.1. The summed E-state index contributed by atoms with van der Waals surface area (Å²) in [6, 6.07) is 0. The lowest BCUT2D eigenvalue weighted by molar-refractivity contribution is 0.0941. The molecule has 1 aromatic rings. The first-order valence-electron chi connectivity index (χ1n) is 7.15. The fraction of sp³-hybridized carbons (Fsp3) is 0.643. The molecule has 20 heavy (non-hydrogen) atoms. The summed E-state index contributed by atoms with van der Waals surface area (Å²) >= 11 is 0. The molecule has 6 heteroatoms. The van der Waals surface area contributed by atoms with Crippen molar-refractivity contribution < 1.29 is 4.79 Å². The van der Waals surface area contributed by atoms with Crippen molar-refractivity contribution in [1.82, 2.24) is 15.3 Å². The topological polar surface area (TPSA) is 92.9 Å². The third-order valence-electron chi connectivity index (χ3n) is 3.40. The molecule has 0 fully saturated rings. The number of rotatable bonds is 7. The van der Waals surface area contributed by atoms with Crippen LogP contribution in [0.25, 0.3) is 0 Å². The van der Waals surface area contributed by atoms with Crippen LogP contribution in [0.15, 0.2) is 6.20 Å². The van der Waals surface area contributed by atoms with Crippen molar-refractivity contribution in [3.8, 4) is 0 Å². The van der Waals surface area contributed by atoms with Crippen LogP contribution in [0.1, 0.15) is 62.8 Å². The predicted octanol–water partition coefficient (Wildman–Crippen LogP) is 2.05. The van der Waals surface area contributed by atoms with Gasteiger partial charge in [-0.3, -0.25) is 10.6 Å². The van der Waals surface area contributed by atoms with Crippen molar-refractivity contribution in [3.05, 3.63) is 17.7 Å². The molecule has 0 aromatic carbocycles. The molecule has 1 heterocycles. The van der Waals surface area contributed by atoms with Crippen molar-refractivity contribution in [3.63, 3.8) is 0 Å². The fourth-order valence-electron chi connectivity index (χ4n) is 1.85. The molecule has 6 nitrogen and oxygen atoms in total. The molecule has 0 aliphatic heterocycles. The van der Waals surface area contributed by atoms with Gasteiger partial charge >= 0.3 is 0 Å². The Labute approximate surface area is 120 Å². The summed E-state index contributed by atoms with van der Waals surface area (Å²) in [6.07, 6.45) is 3.63. The smallest absolute Gasteiger partial charge is 0.272 e. The maximum absolute atomic E-state index is 12.2. The van der Waals surface area contributed by atoms with Gasteiger partial charge in [0.05, 0.1) is 11.9 Å². The highest BCUT2D eigenvalue weighted by molar-refractivity contribution is 5.97. The van der Waals surface area contributed by atoms with Gasteiger partial charge in [0.2, 0.25) is 0 Å². The first kappa shape index (κ1) is 16.4. The van der Waals surface area contributed by atoms with Crippen molar-refractivity contribution >= 4 is 11.6 Å². The SMILES string of the molecule is CCC(CC)CNC(=O)c1nc(C(C)C)ncc1NN. The predicted molar refractivity (Wildman–Crippen MR) is 80.3 cm³/mol. The molecule has 0 radical (unpaired) electrons.